The standard InChI is InChI=1S/C8H15N3O.C3H3F3O2/c1-8(2,12)6-9-7-4-10-11(3)5-7;4-3(5,6)1-2(7)8/h4-5,9,12H,6H2,1-3H3;1H2,(H,7,8). The summed E-state index contributed by atoms with van der Waals surface area (Å²) >= 11 is 0. The third-order valence-electron chi connectivity index (χ3n) is 1.78. The zero-order valence-corrected chi connectivity index (χ0v) is 11.4. The second-order valence-electron chi connectivity index (χ2n) is 4.75. The summed E-state index contributed by atoms with van der Waals surface area (Å²) in [5.41, 5.74) is 0.246. The molecule has 0 aliphatic carbocycles. The first-order chi connectivity index (χ1) is 8.89. The van der Waals surface area contributed by atoms with Gasteiger partial charge in [-0.25, -0.2) is 0 Å². The quantitative estimate of drug-likeness (QED) is 0.786. The summed E-state index contributed by atoms with van der Waals surface area (Å²) < 4.78 is 34.5. The van der Waals surface area contributed by atoms with Crippen molar-refractivity contribution >= 4 is 11.7 Å². The number of carboxylic acids is 1. The summed E-state index contributed by atoms with van der Waals surface area (Å²) in [5, 5.41) is 24.0. The minimum atomic E-state index is -4.58. The van der Waals surface area contributed by atoms with Crippen molar-refractivity contribution in [2.45, 2.75) is 32.0 Å². The monoisotopic (exact) mass is 297 g/mol. The van der Waals surface area contributed by atoms with E-state index in [0.29, 0.717) is 6.54 Å². The van der Waals surface area contributed by atoms with Crippen LogP contribution in [0.4, 0.5) is 18.9 Å². The molecule has 0 bridgehead atoms. The number of anilines is 1. The van der Waals surface area contributed by atoms with Gasteiger partial charge in [0.1, 0.15) is 6.42 Å². The van der Waals surface area contributed by atoms with Gasteiger partial charge in [-0.05, 0) is 13.8 Å². The highest BCUT2D eigenvalue weighted by molar-refractivity contribution is 5.67. The van der Waals surface area contributed by atoms with Crippen LogP contribution in [0.2, 0.25) is 0 Å². The van der Waals surface area contributed by atoms with Gasteiger partial charge in [-0.2, -0.15) is 18.3 Å². The highest BCUT2D eigenvalue weighted by atomic mass is 19.4. The van der Waals surface area contributed by atoms with Crippen LogP contribution in [0.3, 0.4) is 0 Å². The molecular weight excluding hydrogens is 279 g/mol. The van der Waals surface area contributed by atoms with Gasteiger partial charge < -0.3 is 15.5 Å². The summed E-state index contributed by atoms with van der Waals surface area (Å²) in [6.45, 7) is 4.05. The van der Waals surface area contributed by atoms with Crippen LogP contribution in [0.1, 0.15) is 20.3 Å². The maximum Gasteiger partial charge on any atom is 0.399 e. The summed E-state index contributed by atoms with van der Waals surface area (Å²) in [6.07, 6.45) is -2.74. The van der Waals surface area contributed by atoms with Crippen LogP contribution in [-0.2, 0) is 11.8 Å². The Hall–Kier alpha value is -1.77. The Morgan fingerprint density at radius 2 is 2.00 bits per heavy atom. The SMILES string of the molecule is Cn1cc(NCC(C)(C)O)cn1.O=C(O)CC(F)(F)F. The van der Waals surface area contributed by atoms with Crippen LogP contribution in [-0.4, -0.2) is 44.3 Å². The molecule has 1 rings (SSSR count). The normalized spacial score (nSPS) is 11.6. The van der Waals surface area contributed by atoms with Crippen molar-refractivity contribution in [3.8, 4) is 0 Å². The van der Waals surface area contributed by atoms with Gasteiger partial charge >= 0.3 is 12.1 Å². The Morgan fingerprint density at radius 1 is 1.45 bits per heavy atom. The van der Waals surface area contributed by atoms with Crippen LogP contribution in [0, 0.1) is 0 Å². The lowest BCUT2D eigenvalue weighted by Crippen LogP contribution is -2.29. The molecule has 0 radical (unpaired) electrons. The van der Waals surface area contributed by atoms with Gasteiger partial charge in [0.2, 0.25) is 0 Å². The van der Waals surface area contributed by atoms with Crippen molar-refractivity contribution in [3.63, 3.8) is 0 Å². The molecule has 0 unspecified atom stereocenters. The highest BCUT2D eigenvalue weighted by Crippen LogP contribution is 2.18. The number of carboxylic acid groups (broad SMARTS) is 1. The Morgan fingerprint density at radius 3 is 2.25 bits per heavy atom. The number of nitrogens with zero attached hydrogens (tertiary/aromatic N) is 2. The second kappa shape index (κ2) is 7.13. The molecule has 1 aromatic rings. The molecule has 0 aromatic carbocycles. The third kappa shape index (κ3) is 11.3. The average Bonchev–Trinajstić information content (AvgIpc) is 2.57. The number of carbonyl (C=O) groups is 1. The first kappa shape index (κ1) is 18.2. The van der Waals surface area contributed by atoms with Crippen LogP contribution in [0.25, 0.3) is 0 Å². The third-order valence-corrected chi connectivity index (χ3v) is 1.78. The number of halogens is 3. The van der Waals surface area contributed by atoms with Crippen molar-refractivity contribution < 1.29 is 28.2 Å². The number of nitrogens with one attached hydrogen (secondary N) is 1. The number of rotatable bonds is 4. The Balaban J connectivity index is 0.000000396. The molecule has 0 fully saturated rings. The van der Waals surface area contributed by atoms with Crippen molar-refractivity contribution in [1.82, 2.24) is 9.78 Å². The number of hydrogen-bond donors (Lipinski definition) is 3. The van der Waals surface area contributed by atoms with Gasteiger partial charge in [-0.1, -0.05) is 0 Å². The van der Waals surface area contributed by atoms with E-state index in [2.05, 4.69) is 10.4 Å². The number of hydrogen-bond acceptors (Lipinski definition) is 4. The van der Waals surface area contributed by atoms with E-state index < -0.39 is 24.2 Å². The fourth-order valence-electron chi connectivity index (χ4n) is 1.00. The van der Waals surface area contributed by atoms with Gasteiger partial charge in [-0.15, -0.1) is 0 Å². The second-order valence-corrected chi connectivity index (χ2v) is 4.75. The molecule has 0 amide bonds. The summed E-state index contributed by atoms with van der Waals surface area (Å²) in [7, 11) is 1.86. The lowest BCUT2D eigenvalue weighted by molar-refractivity contribution is -0.166. The fourth-order valence-corrected chi connectivity index (χ4v) is 1.00. The molecule has 0 aliphatic rings. The average molecular weight is 297 g/mol. The van der Waals surface area contributed by atoms with E-state index in [9.17, 15) is 23.1 Å². The number of alkyl halides is 3. The minimum absolute atomic E-state index is 0.526. The molecule has 0 atom stereocenters. The molecule has 0 saturated heterocycles. The van der Waals surface area contributed by atoms with E-state index in [4.69, 9.17) is 5.11 Å². The maximum atomic E-state index is 10.9. The maximum absolute atomic E-state index is 10.9. The van der Waals surface area contributed by atoms with Gasteiger partial charge in [0, 0.05) is 19.8 Å². The lowest BCUT2D eigenvalue weighted by Gasteiger charge is -2.17. The van der Waals surface area contributed by atoms with E-state index in [1.807, 2.05) is 13.2 Å². The topological polar surface area (TPSA) is 87.4 Å². The molecule has 1 heterocycles. The van der Waals surface area contributed by atoms with Crippen molar-refractivity contribution in [2.75, 3.05) is 11.9 Å². The minimum Gasteiger partial charge on any atom is -0.481 e. The van der Waals surface area contributed by atoms with Gasteiger partial charge in [-0.3, -0.25) is 9.48 Å². The number of aliphatic hydroxyl groups is 1. The summed E-state index contributed by atoms with van der Waals surface area (Å²) in [6, 6.07) is 0. The molecule has 3 N–H and O–H groups in total. The molecule has 0 saturated carbocycles. The van der Waals surface area contributed by atoms with Crippen molar-refractivity contribution in [1.29, 1.82) is 0 Å². The van der Waals surface area contributed by atoms with E-state index >= 15 is 0 Å². The first-order valence-electron chi connectivity index (χ1n) is 5.62. The van der Waals surface area contributed by atoms with E-state index in [-0.39, 0.29) is 0 Å². The molecule has 1 aromatic heterocycles. The molecule has 9 heteroatoms. The Bertz CT molecular complexity index is 425. The zero-order chi connectivity index (χ0) is 16.0. The highest BCUT2D eigenvalue weighted by Gasteiger charge is 2.30. The van der Waals surface area contributed by atoms with Crippen LogP contribution in [0.5, 0.6) is 0 Å². The smallest absolute Gasteiger partial charge is 0.399 e. The van der Waals surface area contributed by atoms with Gasteiger partial charge in [0.25, 0.3) is 0 Å². The molecular formula is C11H18F3N3O3. The van der Waals surface area contributed by atoms with Crippen molar-refractivity contribution in [3.05, 3.63) is 12.4 Å². The Labute approximate surface area is 114 Å². The Kier molecular flexibility index (Phi) is 6.50. The predicted octanol–water partition coefficient (Wildman–Crippen LogP) is 1.63. The van der Waals surface area contributed by atoms with Crippen LogP contribution in [0.15, 0.2) is 12.4 Å². The first-order valence-corrected chi connectivity index (χ1v) is 5.62. The van der Waals surface area contributed by atoms with Crippen molar-refractivity contribution in [2.24, 2.45) is 7.05 Å². The lowest BCUT2D eigenvalue weighted by atomic mass is 10.1. The molecule has 0 aliphatic heterocycles. The molecule has 20 heavy (non-hydrogen) atoms. The van der Waals surface area contributed by atoms with Crippen LogP contribution < -0.4 is 5.32 Å². The van der Waals surface area contributed by atoms with E-state index in [1.165, 1.54) is 0 Å². The molecule has 116 valence electrons. The summed E-state index contributed by atoms with van der Waals surface area (Å²) in [4.78, 5) is 9.29. The van der Waals surface area contributed by atoms with Crippen LogP contribution >= 0.6 is 0 Å². The number of aliphatic carboxylic acids is 1. The zero-order valence-electron chi connectivity index (χ0n) is 11.4. The predicted molar refractivity (Wildman–Crippen MR) is 66.3 cm³/mol. The molecule has 0 spiro atoms. The number of aryl methyl sites for hydroxylation is 1. The summed E-state index contributed by atoms with van der Waals surface area (Å²) in [5.74, 6) is -1.85. The molecule has 6 nitrogen and oxygen atoms in total. The largest absolute Gasteiger partial charge is 0.481 e. The number of aromatic nitrogens is 2. The van der Waals surface area contributed by atoms with E-state index in [0.717, 1.165) is 5.69 Å². The fraction of sp³-hybridized carbons (Fsp3) is 0.636. The van der Waals surface area contributed by atoms with Gasteiger partial charge in [0.05, 0.1) is 17.5 Å². The van der Waals surface area contributed by atoms with Gasteiger partial charge in [0.15, 0.2) is 0 Å². The van der Waals surface area contributed by atoms with E-state index in [1.54, 1.807) is 24.7 Å².